The highest BCUT2D eigenvalue weighted by molar-refractivity contribution is 5.79. The van der Waals surface area contributed by atoms with E-state index in [1.807, 2.05) is 0 Å². The van der Waals surface area contributed by atoms with E-state index in [-0.39, 0.29) is 11.8 Å². The third kappa shape index (κ3) is 3.69. The molecule has 2 rings (SSSR count). The molecule has 2 aliphatic heterocycles. The van der Waals surface area contributed by atoms with Crippen LogP contribution in [0.3, 0.4) is 0 Å². The van der Waals surface area contributed by atoms with Gasteiger partial charge in [-0.3, -0.25) is 4.79 Å². The molecular formula is C14H27N3O. The molecule has 0 radical (unpaired) electrons. The van der Waals surface area contributed by atoms with Crippen LogP contribution in [-0.2, 0) is 4.79 Å². The lowest BCUT2D eigenvalue weighted by Gasteiger charge is -2.21. The van der Waals surface area contributed by atoms with Gasteiger partial charge in [0, 0.05) is 19.6 Å². The number of rotatable bonds is 5. The minimum atomic E-state index is 0.170. The highest BCUT2D eigenvalue weighted by Crippen LogP contribution is 2.16. The molecule has 0 aromatic carbocycles. The Labute approximate surface area is 110 Å². The summed E-state index contributed by atoms with van der Waals surface area (Å²) in [4.78, 5) is 14.5. The summed E-state index contributed by atoms with van der Waals surface area (Å²) in [6.07, 6.45) is 2.68. The van der Waals surface area contributed by atoms with Crippen LogP contribution < -0.4 is 10.6 Å². The van der Waals surface area contributed by atoms with Crippen LogP contribution in [0.2, 0.25) is 0 Å². The normalized spacial score (nSPS) is 30.6. The molecule has 1 amide bonds. The Morgan fingerprint density at radius 3 is 2.72 bits per heavy atom. The van der Waals surface area contributed by atoms with Crippen molar-refractivity contribution >= 4 is 5.91 Å². The molecule has 2 N–H and O–H groups in total. The molecule has 0 aliphatic carbocycles. The zero-order valence-corrected chi connectivity index (χ0v) is 11.7. The van der Waals surface area contributed by atoms with Gasteiger partial charge in [0.15, 0.2) is 0 Å². The Hall–Kier alpha value is -0.610. The van der Waals surface area contributed by atoms with E-state index < -0.39 is 0 Å². The SMILES string of the molecule is CC(CNC(=O)[C@@H]1CNC[C@H]1C)CN1CCCC1. The summed E-state index contributed by atoms with van der Waals surface area (Å²) in [6, 6.07) is 0. The van der Waals surface area contributed by atoms with Gasteiger partial charge in [-0.05, 0) is 44.3 Å². The fourth-order valence-electron chi connectivity index (χ4n) is 3.04. The summed E-state index contributed by atoms with van der Waals surface area (Å²) < 4.78 is 0. The summed E-state index contributed by atoms with van der Waals surface area (Å²) >= 11 is 0. The molecular weight excluding hydrogens is 226 g/mol. The minimum Gasteiger partial charge on any atom is -0.355 e. The average Bonchev–Trinajstić information content (AvgIpc) is 2.97. The van der Waals surface area contributed by atoms with Gasteiger partial charge in [-0.15, -0.1) is 0 Å². The van der Waals surface area contributed by atoms with Gasteiger partial charge in [0.05, 0.1) is 5.92 Å². The lowest BCUT2D eigenvalue weighted by Crippen LogP contribution is -2.39. The number of hydrogen-bond donors (Lipinski definition) is 2. The number of likely N-dealkylation sites (tertiary alicyclic amines) is 1. The predicted octanol–water partition coefficient (Wildman–Crippen LogP) is 0.690. The highest BCUT2D eigenvalue weighted by Gasteiger charge is 2.29. The van der Waals surface area contributed by atoms with Gasteiger partial charge in [0.25, 0.3) is 0 Å². The van der Waals surface area contributed by atoms with Gasteiger partial charge in [0.2, 0.25) is 5.91 Å². The molecule has 0 saturated carbocycles. The van der Waals surface area contributed by atoms with E-state index in [1.165, 1.54) is 25.9 Å². The zero-order valence-electron chi connectivity index (χ0n) is 11.7. The van der Waals surface area contributed by atoms with Crippen molar-refractivity contribution in [2.24, 2.45) is 17.8 Å². The van der Waals surface area contributed by atoms with Crippen LogP contribution in [0.5, 0.6) is 0 Å². The summed E-state index contributed by atoms with van der Waals surface area (Å²) in [7, 11) is 0. The Bertz CT molecular complexity index is 276. The molecule has 18 heavy (non-hydrogen) atoms. The number of hydrogen-bond acceptors (Lipinski definition) is 3. The predicted molar refractivity (Wildman–Crippen MR) is 73.4 cm³/mol. The Morgan fingerprint density at radius 2 is 2.11 bits per heavy atom. The molecule has 0 spiro atoms. The number of carbonyl (C=O) groups is 1. The van der Waals surface area contributed by atoms with Gasteiger partial charge in [0.1, 0.15) is 0 Å². The van der Waals surface area contributed by atoms with Crippen LogP contribution in [0.25, 0.3) is 0 Å². The first-order valence-electron chi connectivity index (χ1n) is 7.37. The summed E-state index contributed by atoms with van der Waals surface area (Å²) in [5, 5.41) is 6.40. The number of carbonyl (C=O) groups excluding carboxylic acids is 1. The summed E-state index contributed by atoms with van der Waals surface area (Å²) in [5.41, 5.74) is 0. The molecule has 2 heterocycles. The van der Waals surface area contributed by atoms with Gasteiger partial charge in [-0.1, -0.05) is 13.8 Å². The van der Waals surface area contributed by atoms with Crippen LogP contribution in [0.15, 0.2) is 0 Å². The molecule has 4 nitrogen and oxygen atoms in total. The molecule has 2 aliphatic rings. The molecule has 0 bridgehead atoms. The summed E-state index contributed by atoms with van der Waals surface area (Å²) in [6.45, 7) is 10.6. The number of nitrogens with zero attached hydrogens (tertiary/aromatic N) is 1. The first-order chi connectivity index (χ1) is 8.66. The molecule has 1 unspecified atom stereocenters. The first kappa shape index (κ1) is 13.8. The Kier molecular flexibility index (Phi) is 5.01. The van der Waals surface area contributed by atoms with Gasteiger partial charge in [-0.2, -0.15) is 0 Å². The molecule has 4 heteroatoms. The van der Waals surface area contributed by atoms with Crippen molar-refractivity contribution in [2.45, 2.75) is 26.7 Å². The largest absolute Gasteiger partial charge is 0.355 e. The molecule has 2 fully saturated rings. The molecule has 104 valence electrons. The van der Waals surface area contributed by atoms with E-state index in [9.17, 15) is 4.79 Å². The highest BCUT2D eigenvalue weighted by atomic mass is 16.1. The van der Waals surface area contributed by atoms with Crippen LogP contribution in [0.4, 0.5) is 0 Å². The second-order valence-corrected chi connectivity index (χ2v) is 6.10. The third-order valence-corrected chi connectivity index (χ3v) is 4.25. The van der Waals surface area contributed by atoms with E-state index in [0.717, 1.165) is 26.2 Å². The van der Waals surface area contributed by atoms with E-state index in [2.05, 4.69) is 29.4 Å². The van der Waals surface area contributed by atoms with Crippen LogP contribution in [0, 0.1) is 17.8 Å². The minimum absolute atomic E-state index is 0.170. The second-order valence-electron chi connectivity index (χ2n) is 6.10. The van der Waals surface area contributed by atoms with Gasteiger partial charge in [-0.25, -0.2) is 0 Å². The molecule has 3 atom stereocenters. The van der Waals surface area contributed by atoms with Crippen molar-refractivity contribution < 1.29 is 4.79 Å². The standard InChI is InChI=1S/C14H27N3O/c1-11(10-17-5-3-4-6-17)7-16-14(18)13-9-15-8-12(13)2/h11-13,15H,3-10H2,1-2H3,(H,16,18)/t11?,12-,13-/m1/s1. The molecule has 0 aromatic heterocycles. The lowest BCUT2D eigenvalue weighted by molar-refractivity contribution is -0.125. The number of amides is 1. The lowest BCUT2D eigenvalue weighted by atomic mass is 9.97. The Balaban J connectivity index is 1.65. The maximum atomic E-state index is 12.0. The van der Waals surface area contributed by atoms with E-state index >= 15 is 0 Å². The van der Waals surface area contributed by atoms with Crippen LogP contribution in [-0.4, -0.2) is 50.1 Å². The summed E-state index contributed by atoms with van der Waals surface area (Å²) in [5.74, 6) is 1.43. The number of nitrogens with one attached hydrogen (secondary N) is 2. The molecule has 2 saturated heterocycles. The van der Waals surface area contributed by atoms with Crippen molar-refractivity contribution in [1.82, 2.24) is 15.5 Å². The topological polar surface area (TPSA) is 44.4 Å². The van der Waals surface area contributed by atoms with Gasteiger partial charge >= 0.3 is 0 Å². The average molecular weight is 253 g/mol. The molecule has 0 aromatic rings. The van der Waals surface area contributed by atoms with Crippen molar-refractivity contribution in [3.63, 3.8) is 0 Å². The zero-order chi connectivity index (χ0) is 13.0. The third-order valence-electron chi connectivity index (χ3n) is 4.25. The first-order valence-corrected chi connectivity index (χ1v) is 7.37. The quantitative estimate of drug-likeness (QED) is 0.758. The smallest absolute Gasteiger partial charge is 0.224 e. The van der Waals surface area contributed by atoms with Gasteiger partial charge < -0.3 is 15.5 Å². The maximum absolute atomic E-state index is 12.0. The monoisotopic (exact) mass is 253 g/mol. The van der Waals surface area contributed by atoms with Crippen molar-refractivity contribution in [3.05, 3.63) is 0 Å². The fraction of sp³-hybridized carbons (Fsp3) is 0.929. The fourth-order valence-corrected chi connectivity index (χ4v) is 3.04. The van der Waals surface area contributed by atoms with Crippen molar-refractivity contribution in [1.29, 1.82) is 0 Å². The van der Waals surface area contributed by atoms with E-state index in [4.69, 9.17) is 0 Å². The second kappa shape index (κ2) is 6.53. The van der Waals surface area contributed by atoms with Crippen LogP contribution in [0.1, 0.15) is 26.7 Å². The Morgan fingerprint density at radius 1 is 1.39 bits per heavy atom. The van der Waals surface area contributed by atoms with E-state index in [1.54, 1.807) is 0 Å². The van der Waals surface area contributed by atoms with Crippen molar-refractivity contribution in [3.8, 4) is 0 Å². The maximum Gasteiger partial charge on any atom is 0.224 e. The van der Waals surface area contributed by atoms with Crippen molar-refractivity contribution in [2.75, 3.05) is 39.3 Å². The van der Waals surface area contributed by atoms with Crippen LogP contribution >= 0.6 is 0 Å². The van der Waals surface area contributed by atoms with E-state index in [0.29, 0.717) is 11.8 Å².